The van der Waals surface area contributed by atoms with Gasteiger partial charge in [-0.05, 0) is 6.42 Å². The quantitative estimate of drug-likeness (QED) is 0.583. The zero-order valence-corrected chi connectivity index (χ0v) is 8.86. The van der Waals surface area contributed by atoms with Crippen molar-refractivity contribution in [1.82, 2.24) is 9.97 Å². The predicted octanol–water partition coefficient (Wildman–Crippen LogP) is 1.41. The SMILES string of the molecule is C#CCCOc1ncnc(N)c1CCC. The molecule has 0 radical (unpaired) electrons. The third-order valence-electron chi connectivity index (χ3n) is 1.92. The summed E-state index contributed by atoms with van der Waals surface area (Å²) in [5.41, 5.74) is 6.61. The molecule has 0 aliphatic carbocycles. The molecule has 4 heteroatoms. The van der Waals surface area contributed by atoms with Gasteiger partial charge >= 0.3 is 0 Å². The molecule has 1 rings (SSSR count). The minimum absolute atomic E-state index is 0.462. The molecule has 0 atom stereocenters. The lowest BCUT2D eigenvalue weighted by molar-refractivity contribution is 0.310. The summed E-state index contributed by atoms with van der Waals surface area (Å²) >= 11 is 0. The zero-order valence-electron chi connectivity index (χ0n) is 8.86. The van der Waals surface area contributed by atoms with Crippen molar-refractivity contribution in [3.8, 4) is 18.2 Å². The van der Waals surface area contributed by atoms with Crippen LogP contribution < -0.4 is 10.5 Å². The summed E-state index contributed by atoms with van der Waals surface area (Å²) in [5, 5.41) is 0. The third kappa shape index (κ3) is 3.13. The molecule has 0 bridgehead atoms. The molecule has 0 spiro atoms. The molecule has 0 saturated heterocycles. The van der Waals surface area contributed by atoms with E-state index in [1.807, 2.05) is 0 Å². The van der Waals surface area contributed by atoms with E-state index in [9.17, 15) is 0 Å². The summed E-state index contributed by atoms with van der Waals surface area (Å²) < 4.78 is 5.44. The van der Waals surface area contributed by atoms with Gasteiger partial charge in [0.25, 0.3) is 0 Å². The van der Waals surface area contributed by atoms with Gasteiger partial charge in [0.2, 0.25) is 5.88 Å². The van der Waals surface area contributed by atoms with Crippen molar-refractivity contribution in [3.63, 3.8) is 0 Å². The van der Waals surface area contributed by atoms with E-state index in [4.69, 9.17) is 16.9 Å². The van der Waals surface area contributed by atoms with Gasteiger partial charge in [0.05, 0.1) is 5.56 Å². The molecule has 0 unspecified atom stereocenters. The molecule has 0 aliphatic rings. The molecule has 0 saturated carbocycles. The summed E-state index contributed by atoms with van der Waals surface area (Å²) in [6, 6.07) is 0. The minimum Gasteiger partial charge on any atom is -0.476 e. The Labute approximate surface area is 89.9 Å². The third-order valence-corrected chi connectivity index (χ3v) is 1.92. The van der Waals surface area contributed by atoms with Crippen molar-refractivity contribution < 1.29 is 4.74 Å². The Kier molecular flexibility index (Phi) is 4.42. The van der Waals surface area contributed by atoms with Crippen molar-refractivity contribution >= 4 is 5.82 Å². The average Bonchev–Trinajstić information content (AvgIpc) is 2.23. The number of ether oxygens (including phenoxy) is 1. The standard InChI is InChI=1S/C11H15N3O/c1-3-5-7-15-11-9(6-4-2)10(12)13-8-14-11/h1,8H,4-7H2,2H3,(H2,12,13,14). The second-order valence-electron chi connectivity index (χ2n) is 3.10. The Morgan fingerprint density at radius 2 is 2.33 bits per heavy atom. The molecule has 0 amide bonds. The van der Waals surface area contributed by atoms with E-state index in [-0.39, 0.29) is 0 Å². The molecule has 0 fully saturated rings. The summed E-state index contributed by atoms with van der Waals surface area (Å²) in [6.45, 7) is 2.53. The van der Waals surface area contributed by atoms with Crippen LogP contribution in [0.5, 0.6) is 5.88 Å². The van der Waals surface area contributed by atoms with E-state index in [1.165, 1.54) is 6.33 Å². The number of nitrogens with zero attached hydrogens (tertiary/aromatic N) is 2. The molecule has 80 valence electrons. The highest BCUT2D eigenvalue weighted by atomic mass is 16.5. The van der Waals surface area contributed by atoms with Crippen LogP contribution in [0.3, 0.4) is 0 Å². The number of hydrogen-bond acceptors (Lipinski definition) is 4. The van der Waals surface area contributed by atoms with Gasteiger partial charge in [-0.3, -0.25) is 0 Å². The van der Waals surface area contributed by atoms with Gasteiger partial charge in [-0.1, -0.05) is 13.3 Å². The molecular formula is C11H15N3O. The highest BCUT2D eigenvalue weighted by Crippen LogP contribution is 2.21. The smallest absolute Gasteiger partial charge is 0.221 e. The van der Waals surface area contributed by atoms with Crippen molar-refractivity contribution in [2.75, 3.05) is 12.3 Å². The number of anilines is 1. The van der Waals surface area contributed by atoms with Crippen LogP contribution in [0.2, 0.25) is 0 Å². The maximum atomic E-state index is 5.74. The minimum atomic E-state index is 0.462. The van der Waals surface area contributed by atoms with Crippen molar-refractivity contribution in [1.29, 1.82) is 0 Å². The van der Waals surface area contributed by atoms with Gasteiger partial charge in [-0.2, -0.15) is 0 Å². The van der Waals surface area contributed by atoms with Crippen LogP contribution in [0.15, 0.2) is 6.33 Å². The zero-order chi connectivity index (χ0) is 11.1. The van der Waals surface area contributed by atoms with Gasteiger partial charge in [-0.25, -0.2) is 9.97 Å². The molecule has 2 N–H and O–H groups in total. The second-order valence-corrected chi connectivity index (χ2v) is 3.10. The lowest BCUT2D eigenvalue weighted by Crippen LogP contribution is -2.06. The topological polar surface area (TPSA) is 61.0 Å². The summed E-state index contributed by atoms with van der Waals surface area (Å²) in [4.78, 5) is 7.98. The fourth-order valence-corrected chi connectivity index (χ4v) is 1.22. The maximum absolute atomic E-state index is 5.74. The number of nitrogen functional groups attached to an aromatic ring is 1. The maximum Gasteiger partial charge on any atom is 0.221 e. The van der Waals surface area contributed by atoms with Crippen LogP contribution in [0.25, 0.3) is 0 Å². The van der Waals surface area contributed by atoms with Crippen LogP contribution in [0.4, 0.5) is 5.82 Å². The molecular weight excluding hydrogens is 190 g/mol. The first-order valence-electron chi connectivity index (χ1n) is 4.95. The number of hydrogen-bond donors (Lipinski definition) is 1. The van der Waals surface area contributed by atoms with Gasteiger partial charge < -0.3 is 10.5 Å². The lowest BCUT2D eigenvalue weighted by Gasteiger charge is -2.09. The fourth-order valence-electron chi connectivity index (χ4n) is 1.22. The van der Waals surface area contributed by atoms with Gasteiger partial charge in [0.1, 0.15) is 18.8 Å². The van der Waals surface area contributed by atoms with Crippen LogP contribution in [0.1, 0.15) is 25.3 Å². The Morgan fingerprint density at radius 3 is 3.00 bits per heavy atom. The summed E-state index contributed by atoms with van der Waals surface area (Å²) in [7, 11) is 0. The van der Waals surface area contributed by atoms with Crippen LogP contribution in [0, 0.1) is 12.3 Å². The van der Waals surface area contributed by atoms with Crippen molar-refractivity contribution in [2.45, 2.75) is 26.2 Å². The normalized spacial score (nSPS) is 9.60. The van der Waals surface area contributed by atoms with Crippen LogP contribution in [-0.2, 0) is 6.42 Å². The van der Waals surface area contributed by atoms with Crippen LogP contribution in [-0.4, -0.2) is 16.6 Å². The second kappa shape index (κ2) is 5.86. The highest BCUT2D eigenvalue weighted by Gasteiger charge is 2.08. The van der Waals surface area contributed by atoms with E-state index >= 15 is 0 Å². The van der Waals surface area contributed by atoms with Gasteiger partial charge in [0, 0.05) is 6.42 Å². The van der Waals surface area contributed by atoms with E-state index in [0.29, 0.717) is 24.7 Å². The molecule has 1 heterocycles. The first-order chi connectivity index (χ1) is 7.29. The number of terminal acetylenes is 1. The number of aromatic nitrogens is 2. The monoisotopic (exact) mass is 205 g/mol. The Bertz CT molecular complexity index is 357. The molecule has 0 aliphatic heterocycles. The Balaban J connectivity index is 2.77. The summed E-state index contributed by atoms with van der Waals surface area (Å²) in [5.74, 6) is 3.55. The molecule has 1 aromatic heterocycles. The molecule has 1 aromatic rings. The highest BCUT2D eigenvalue weighted by molar-refractivity contribution is 5.44. The molecule has 15 heavy (non-hydrogen) atoms. The van der Waals surface area contributed by atoms with Gasteiger partial charge in [-0.15, -0.1) is 12.3 Å². The van der Waals surface area contributed by atoms with E-state index in [1.54, 1.807) is 0 Å². The number of nitrogens with two attached hydrogens (primary N) is 1. The van der Waals surface area contributed by atoms with E-state index in [0.717, 1.165) is 18.4 Å². The van der Waals surface area contributed by atoms with E-state index in [2.05, 4.69) is 22.8 Å². The van der Waals surface area contributed by atoms with Crippen molar-refractivity contribution in [2.24, 2.45) is 0 Å². The average molecular weight is 205 g/mol. The number of rotatable bonds is 5. The van der Waals surface area contributed by atoms with Crippen LogP contribution >= 0.6 is 0 Å². The lowest BCUT2D eigenvalue weighted by atomic mass is 10.2. The molecule has 0 aromatic carbocycles. The first-order valence-corrected chi connectivity index (χ1v) is 4.95. The Hall–Kier alpha value is -1.76. The first kappa shape index (κ1) is 11.3. The molecule has 4 nitrogen and oxygen atoms in total. The van der Waals surface area contributed by atoms with E-state index < -0.39 is 0 Å². The van der Waals surface area contributed by atoms with Gasteiger partial charge in [0.15, 0.2) is 0 Å². The fraction of sp³-hybridized carbons (Fsp3) is 0.455. The predicted molar refractivity (Wildman–Crippen MR) is 59.4 cm³/mol. The Morgan fingerprint density at radius 1 is 1.53 bits per heavy atom. The largest absolute Gasteiger partial charge is 0.476 e. The van der Waals surface area contributed by atoms with Crippen molar-refractivity contribution in [3.05, 3.63) is 11.9 Å². The summed E-state index contributed by atoms with van der Waals surface area (Å²) in [6.07, 6.45) is 8.89.